The van der Waals surface area contributed by atoms with Gasteiger partial charge in [0.25, 0.3) is 0 Å². The standard InChI is InChI=1S/C11H17NO3S/c1-6(2)10(13)12-5-4-8(7(3)16)9(12)11(14)15/h6,8-9H,4-5H2,1-3H3,(H,14,15). The van der Waals surface area contributed by atoms with Gasteiger partial charge >= 0.3 is 5.97 Å². The number of carboxylic acid groups (broad SMARTS) is 1. The van der Waals surface area contributed by atoms with Gasteiger partial charge in [0.1, 0.15) is 6.04 Å². The van der Waals surface area contributed by atoms with Crippen molar-refractivity contribution in [2.24, 2.45) is 11.8 Å². The van der Waals surface area contributed by atoms with Crippen LogP contribution in [0.2, 0.25) is 0 Å². The van der Waals surface area contributed by atoms with Crippen molar-refractivity contribution in [3.8, 4) is 0 Å². The average Bonchev–Trinajstić information content (AvgIpc) is 2.60. The quantitative estimate of drug-likeness (QED) is 0.760. The maximum atomic E-state index is 11.8. The fourth-order valence-electron chi connectivity index (χ4n) is 2.10. The van der Waals surface area contributed by atoms with E-state index >= 15 is 0 Å². The number of carboxylic acids is 1. The minimum atomic E-state index is -0.958. The molecule has 16 heavy (non-hydrogen) atoms. The Hall–Kier alpha value is -0.970. The van der Waals surface area contributed by atoms with Crippen LogP contribution in [0, 0.1) is 11.8 Å². The molecule has 1 aliphatic heterocycles. The third-order valence-electron chi connectivity index (χ3n) is 2.95. The molecule has 1 N–H and O–H groups in total. The van der Waals surface area contributed by atoms with E-state index in [2.05, 4.69) is 0 Å². The molecule has 0 aliphatic carbocycles. The molecule has 5 heteroatoms. The second-order valence-corrected chi connectivity index (χ2v) is 5.12. The number of thiocarbonyl (C=S) groups is 1. The number of amides is 1. The third kappa shape index (κ3) is 2.40. The van der Waals surface area contributed by atoms with Crippen molar-refractivity contribution in [2.45, 2.75) is 33.2 Å². The third-order valence-corrected chi connectivity index (χ3v) is 3.25. The van der Waals surface area contributed by atoms with Crippen molar-refractivity contribution in [2.75, 3.05) is 6.54 Å². The number of rotatable bonds is 3. The predicted molar refractivity (Wildman–Crippen MR) is 64.4 cm³/mol. The van der Waals surface area contributed by atoms with Gasteiger partial charge in [-0.1, -0.05) is 26.1 Å². The zero-order valence-electron chi connectivity index (χ0n) is 9.77. The summed E-state index contributed by atoms with van der Waals surface area (Å²) in [5, 5.41) is 9.18. The molecule has 1 saturated heterocycles. The summed E-state index contributed by atoms with van der Waals surface area (Å²) < 4.78 is 0. The molecule has 0 aromatic carbocycles. The smallest absolute Gasteiger partial charge is 0.327 e. The molecule has 1 aliphatic rings. The molecule has 2 unspecified atom stereocenters. The number of hydrogen-bond acceptors (Lipinski definition) is 3. The van der Waals surface area contributed by atoms with Gasteiger partial charge in [-0.15, -0.1) is 0 Å². The van der Waals surface area contributed by atoms with Crippen LogP contribution in [0.5, 0.6) is 0 Å². The highest BCUT2D eigenvalue weighted by atomic mass is 32.1. The van der Waals surface area contributed by atoms with Gasteiger partial charge in [-0.05, 0) is 18.2 Å². The molecular weight excluding hydrogens is 226 g/mol. The second-order valence-electron chi connectivity index (χ2n) is 4.48. The predicted octanol–water partition coefficient (Wildman–Crippen LogP) is 1.33. The zero-order valence-corrected chi connectivity index (χ0v) is 10.6. The van der Waals surface area contributed by atoms with Crippen LogP contribution in [-0.2, 0) is 9.59 Å². The van der Waals surface area contributed by atoms with Gasteiger partial charge in [0.05, 0.1) is 0 Å². The first-order valence-electron chi connectivity index (χ1n) is 5.40. The van der Waals surface area contributed by atoms with Crippen LogP contribution >= 0.6 is 12.2 Å². The highest BCUT2D eigenvalue weighted by Crippen LogP contribution is 2.27. The lowest BCUT2D eigenvalue weighted by molar-refractivity contribution is -0.150. The maximum absolute atomic E-state index is 11.8. The summed E-state index contributed by atoms with van der Waals surface area (Å²) in [6, 6.07) is -0.771. The van der Waals surface area contributed by atoms with Gasteiger partial charge in [-0.2, -0.15) is 0 Å². The summed E-state index contributed by atoms with van der Waals surface area (Å²) in [5.74, 6) is -1.42. The van der Waals surface area contributed by atoms with E-state index < -0.39 is 12.0 Å². The Morgan fingerprint density at radius 1 is 1.44 bits per heavy atom. The molecule has 1 heterocycles. The Bertz CT molecular complexity index is 327. The summed E-state index contributed by atoms with van der Waals surface area (Å²) >= 11 is 5.06. The highest BCUT2D eigenvalue weighted by Gasteiger charge is 2.43. The van der Waals surface area contributed by atoms with Crippen LogP contribution in [0.15, 0.2) is 0 Å². The lowest BCUT2D eigenvalue weighted by Crippen LogP contribution is -2.46. The van der Waals surface area contributed by atoms with Crippen LogP contribution in [0.25, 0.3) is 0 Å². The summed E-state index contributed by atoms with van der Waals surface area (Å²) in [4.78, 5) is 25.2. The normalized spacial score (nSPS) is 24.9. The number of nitrogens with zero attached hydrogens (tertiary/aromatic N) is 1. The van der Waals surface area contributed by atoms with Crippen LogP contribution in [-0.4, -0.2) is 39.3 Å². The van der Waals surface area contributed by atoms with Gasteiger partial charge < -0.3 is 10.0 Å². The Morgan fingerprint density at radius 3 is 2.38 bits per heavy atom. The minimum Gasteiger partial charge on any atom is -0.480 e. The van der Waals surface area contributed by atoms with Gasteiger partial charge in [0, 0.05) is 18.4 Å². The van der Waals surface area contributed by atoms with Crippen LogP contribution in [0.4, 0.5) is 0 Å². The molecule has 0 saturated carbocycles. The summed E-state index contributed by atoms with van der Waals surface area (Å²) in [7, 11) is 0. The number of carbonyl (C=O) groups excluding carboxylic acids is 1. The molecule has 0 aromatic rings. The molecule has 1 rings (SSSR count). The lowest BCUT2D eigenvalue weighted by Gasteiger charge is -2.25. The largest absolute Gasteiger partial charge is 0.480 e. The lowest BCUT2D eigenvalue weighted by atomic mass is 9.97. The second kappa shape index (κ2) is 4.91. The van der Waals surface area contributed by atoms with Gasteiger partial charge in [-0.25, -0.2) is 4.79 Å². The van der Waals surface area contributed by atoms with Gasteiger partial charge in [-0.3, -0.25) is 4.79 Å². The SMILES string of the molecule is CC(=S)C1CCN(C(=O)C(C)C)C1C(=O)O. The number of aliphatic carboxylic acids is 1. The first kappa shape index (κ1) is 13.1. The van der Waals surface area contributed by atoms with Crippen molar-refractivity contribution < 1.29 is 14.7 Å². The van der Waals surface area contributed by atoms with E-state index in [-0.39, 0.29) is 17.7 Å². The van der Waals surface area contributed by atoms with E-state index in [9.17, 15) is 14.7 Å². The molecule has 0 radical (unpaired) electrons. The van der Waals surface area contributed by atoms with Crippen LogP contribution < -0.4 is 0 Å². The van der Waals surface area contributed by atoms with E-state index in [1.807, 2.05) is 0 Å². The van der Waals surface area contributed by atoms with Crippen LogP contribution in [0.3, 0.4) is 0 Å². The number of likely N-dealkylation sites (tertiary alicyclic amines) is 1. The van der Waals surface area contributed by atoms with Crippen molar-refractivity contribution in [1.29, 1.82) is 0 Å². The van der Waals surface area contributed by atoms with Crippen LogP contribution in [0.1, 0.15) is 27.2 Å². The Kier molecular flexibility index (Phi) is 4.02. The molecule has 0 aromatic heterocycles. The minimum absolute atomic E-state index is 0.105. The molecule has 1 fully saturated rings. The van der Waals surface area contributed by atoms with E-state index in [1.54, 1.807) is 20.8 Å². The molecule has 2 atom stereocenters. The molecular formula is C11H17NO3S. The average molecular weight is 243 g/mol. The molecule has 0 bridgehead atoms. The van der Waals surface area contributed by atoms with Crippen molar-refractivity contribution >= 4 is 29.0 Å². The summed E-state index contributed by atoms with van der Waals surface area (Å²) in [5.41, 5.74) is 0. The number of hydrogen-bond donors (Lipinski definition) is 1. The first-order valence-corrected chi connectivity index (χ1v) is 5.80. The van der Waals surface area contributed by atoms with Crippen molar-refractivity contribution in [1.82, 2.24) is 4.90 Å². The monoisotopic (exact) mass is 243 g/mol. The van der Waals surface area contributed by atoms with E-state index in [0.717, 1.165) is 0 Å². The fraction of sp³-hybridized carbons (Fsp3) is 0.727. The summed E-state index contributed by atoms with van der Waals surface area (Å²) in [6.07, 6.45) is 0.658. The van der Waals surface area contributed by atoms with Gasteiger partial charge in [0.2, 0.25) is 5.91 Å². The molecule has 4 nitrogen and oxygen atoms in total. The summed E-state index contributed by atoms with van der Waals surface area (Å²) in [6.45, 7) is 5.80. The molecule has 1 amide bonds. The molecule has 0 spiro atoms. The zero-order chi connectivity index (χ0) is 12.5. The van der Waals surface area contributed by atoms with E-state index in [1.165, 1.54) is 4.90 Å². The Labute approximate surface area is 101 Å². The van der Waals surface area contributed by atoms with Gasteiger partial charge in [0.15, 0.2) is 0 Å². The topological polar surface area (TPSA) is 57.6 Å². The highest BCUT2D eigenvalue weighted by molar-refractivity contribution is 7.80. The maximum Gasteiger partial charge on any atom is 0.327 e. The Balaban J connectivity index is 2.92. The van der Waals surface area contributed by atoms with Crippen molar-refractivity contribution in [3.05, 3.63) is 0 Å². The fourth-order valence-corrected chi connectivity index (χ4v) is 2.35. The number of carbonyl (C=O) groups is 2. The molecule has 90 valence electrons. The Morgan fingerprint density at radius 2 is 2.00 bits per heavy atom. The van der Waals surface area contributed by atoms with E-state index in [4.69, 9.17) is 12.2 Å². The van der Waals surface area contributed by atoms with E-state index in [0.29, 0.717) is 17.8 Å². The van der Waals surface area contributed by atoms with Crippen molar-refractivity contribution in [3.63, 3.8) is 0 Å². The first-order chi connectivity index (χ1) is 7.36.